The Kier molecular flexibility index (Phi) is 14.6. The Morgan fingerprint density at radius 1 is 1.02 bits per heavy atom. The number of nitrogens with zero attached hydrogens (tertiary/aromatic N) is 2. The first-order valence-corrected chi connectivity index (χ1v) is 20.8. The number of carbonyl (C=O) groups is 4. The van der Waals surface area contributed by atoms with Gasteiger partial charge in [-0.25, -0.2) is 8.42 Å². The number of rotatable bonds is 16. The van der Waals surface area contributed by atoms with Crippen molar-refractivity contribution in [2.24, 2.45) is 23.5 Å². The van der Waals surface area contributed by atoms with Crippen LogP contribution in [-0.4, -0.2) is 78.1 Å². The molecule has 294 valence electrons. The van der Waals surface area contributed by atoms with Crippen molar-refractivity contribution < 1.29 is 32.7 Å². The summed E-state index contributed by atoms with van der Waals surface area (Å²) < 4.78 is 27.8. The smallest absolute Gasteiger partial charge is 0.247 e. The molecule has 0 aromatic heterocycles. The van der Waals surface area contributed by atoms with Crippen molar-refractivity contribution in [3.63, 3.8) is 0 Å². The fourth-order valence-corrected chi connectivity index (χ4v) is 10.1. The van der Waals surface area contributed by atoms with E-state index in [9.17, 15) is 33.2 Å². The van der Waals surface area contributed by atoms with E-state index in [2.05, 4.69) is 10.6 Å². The van der Waals surface area contributed by atoms with Crippen molar-refractivity contribution in [1.82, 2.24) is 15.5 Å². The summed E-state index contributed by atoms with van der Waals surface area (Å²) in [5.74, 6) is -4.74. The van der Waals surface area contributed by atoms with Crippen LogP contribution in [0.15, 0.2) is 53.4 Å². The SMILES string of the molecule is CC(=O)N(C(=O)[C@@H](N)Cc1ccccc1)[C@](CC(C)C)(C(=O)N[C@@H](CC1CCCCC1)[C@@H](O)CC(=O)NCC(C)C)C1CS(=O)(=O)c2cc(C#N)ccc21. The quantitative estimate of drug-likeness (QED) is 0.194. The molecule has 1 saturated carbocycles. The molecule has 5 atom stereocenters. The molecule has 1 aliphatic heterocycles. The normalized spacial score (nSPS) is 19.5. The highest BCUT2D eigenvalue weighted by molar-refractivity contribution is 7.91. The third-order valence-corrected chi connectivity index (χ3v) is 12.5. The predicted molar refractivity (Wildman–Crippen MR) is 205 cm³/mol. The Morgan fingerprint density at radius 3 is 2.28 bits per heavy atom. The average molecular weight is 764 g/mol. The number of fused-ring (bicyclic) bond motifs is 1. The highest BCUT2D eigenvalue weighted by Gasteiger charge is 2.59. The van der Waals surface area contributed by atoms with Crippen LogP contribution in [0.4, 0.5) is 0 Å². The number of nitrogens with one attached hydrogen (secondary N) is 2. The van der Waals surface area contributed by atoms with Gasteiger partial charge in [0.2, 0.25) is 23.6 Å². The molecule has 13 heteroatoms. The van der Waals surface area contributed by atoms with E-state index in [0.29, 0.717) is 13.0 Å². The maximum absolute atomic E-state index is 15.5. The van der Waals surface area contributed by atoms with Gasteiger partial charge in [0.25, 0.3) is 0 Å². The number of aliphatic hydroxyl groups is 1. The Labute approximate surface area is 320 Å². The molecule has 4 rings (SSSR count). The standard InChI is InChI=1S/C41H57N5O7S/c1-26(2)22-41(33-25-54(52,53)37-20-31(23-42)16-17-32(33)37,46(28(5)47)39(50)34(43)18-29-12-8-6-9-13-29)40(51)45-35(19-30-14-10-7-11-15-30)36(48)21-38(49)44-24-27(3)4/h6,8-9,12-13,16-17,20,26-27,30,33-36,48H,7,10-11,14-15,18-19,21-22,24-25,43H2,1-5H3,(H,44,49)(H,45,51)/t33?,34-,35-,36-,41-/m0/s1. The molecule has 12 nitrogen and oxygen atoms in total. The molecular formula is C41H57N5O7S. The minimum atomic E-state index is -4.10. The molecule has 2 aromatic carbocycles. The molecule has 4 amide bonds. The first-order valence-electron chi connectivity index (χ1n) is 19.2. The van der Waals surface area contributed by atoms with Gasteiger partial charge in [-0.1, -0.05) is 96.2 Å². The number of nitrogens with two attached hydrogens (primary N) is 1. The maximum atomic E-state index is 15.5. The molecule has 1 aliphatic carbocycles. The van der Waals surface area contributed by atoms with Crippen LogP contribution in [0.5, 0.6) is 0 Å². The van der Waals surface area contributed by atoms with E-state index in [1.165, 1.54) is 18.2 Å². The summed E-state index contributed by atoms with van der Waals surface area (Å²) in [5, 5.41) is 27.1. The van der Waals surface area contributed by atoms with Crippen molar-refractivity contribution >= 4 is 33.5 Å². The van der Waals surface area contributed by atoms with Crippen molar-refractivity contribution in [2.75, 3.05) is 12.3 Å². The minimum Gasteiger partial charge on any atom is -0.390 e. The number of imide groups is 1. The molecule has 1 fully saturated rings. The summed E-state index contributed by atoms with van der Waals surface area (Å²) >= 11 is 0. The van der Waals surface area contributed by atoms with Crippen LogP contribution in [0.2, 0.25) is 0 Å². The number of hydrogen-bond donors (Lipinski definition) is 4. The van der Waals surface area contributed by atoms with Gasteiger partial charge in [-0.05, 0) is 60.3 Å². The molecule has 5 N–H and O–H groups in total. The topological polar surface area (TPSA) is 200 Å². The lowest BCUT2D eigenvalue weighted by atomic mass is 9.72. The molecular weight excluding hydrogens is 707 g/mol. The van der Waals surface area contributed by atoms with Crippen LogP contribution in [0.3, 0.4) is 0 Å². The third kappa shape index (κ3) is 10.1. The number of amides is 4. The van der Waals surface area contributed by atoms with Crippen LogP contribution < -0.4 is 16.4 Å². The predicted octanol–water partition coefficient (Wildman–Crippen LogP) is 4.14. The van der Waals surface area contributed by atoms with E-state index in [1.807, 2.05) is 39.8 Å². The minimum absolute atomic E-state index is 0.0441. The number of sulfone groups is 1. The Bertz CT molecular complexity index is 1800. The van der Waals surface area contributed by atoms with E-state index >= 15 is 4.79 Å². The fourth-order valence-electron chi connectivity index (χ4n) is 8.18. The maximum Gasteiger partial charge on any atom is 0.247 e. The number of nitriles is 1. The highest BCUT2D eigenvalue weighted by atomic mass is 32.2. The molecule has 54 heavy (non-hydrogen) atoms. The van der Waals surface area contributed by atoms with Gasteiger partial charge < -0.3 is 21.5 Å². The van der Waals surface area contributed by atoms with Crippen molar-refractivity contribution in [2.45, 2.75) is 127 Å². The van der Waals surface area contributed by atoms with E-state index in [0.717, 1.165) is 49.5 Å². The number of carbonyl (C=O) groups excluding carboxylic acids is 4. The summed E-state index contributed by atoms with van der Waals surface area (Å²) in [6, 6.07) is 12.9. The van der Waals surface area contributed by atoms with E-state index < -0.39 is 63.0 Å². The zero-order valence-electron chi connectivity index (χ0n) is 32.2. The summed E-state index contributed by atoms with van der Waals surface area (Å²) in [7, 11) is -4.10. The van der Waals surface area contributed by atoms with Crippen LogP contribution >= 0.6 is 0 Å². The van der Waals surface area contributed by atoms with Gasteiger partial charge >= 0.3 is 0 Å². The Hall–Kier alpha value is -4.12. The lowest BCUT2D eigenvalue weighted by molar-refractivity contribution is -0.162. The average Bonchev–Trinajstić information content (AvgIpc) is 3.40. The van der Waals surface area contributed by atoms with Gasteiger partial charge in [0.05, 0.1) is 46.9 Å². The van der Waals surface area contributed by atoms with E-state index in [1.54, 1.807) is 24.3 Å². The summed E-state index contributed by atoms with van der Waals surface area (Å²) in [6.45, 7) is 9.09. The lowest BCUT2D eigenvalue weighted by Crippen LogP contribution is -2.69. The molecule has 0 saturated heterocycles. The first kappa shape index (κ1) is 42.6. The molecule has 2 aliphatic rings. The second kappa shape index (κ2) is 18.5. The van der Waals surface area contributed by atoms with Gasteiger partial charge in [-0.15, -0.1) is 0 Å². The van der Waals surface area contributed by atoms with E-state index in [-0.39, 0.29) is 58.9 Å². The molecule has 0 spiro atoms. The van der Waals surface area contributed by atoms with Gasteiger partial charge in [-0.2, -0.15) is 5.26 Å². The molecule has 0 bridgehead atoms. The van der Waals surface area contributed by atoms with Gasteiger partial charge in [0, 0.05) is 19.4 Å². The van der Waals surface area contributed by atoms with Crippen molar-refractivity contribution in [3.8, 4) is 6.07 Å². The van der Waals surface area contributed by atoms with Gasteiger partial charge in [-0.3, -0.25) is 24.1 Å². The lowest BCUT2D eigenvalue weighted by Gasteiger charge is -2.47. The number of aliphatic hydroxyl groups excluding tert-OH is 1. The van der Waals surface area contributed by atoms with Crippen molar-refractivity contribution in [3.05, 3.63) is 65.2 Å². The first-order chi connectivity index (χ1) is 25.5. The Morgan fingerprint density at radius 2 is 1.69 bits per heavy atom. The summed E-state index contributed by atoms with van der Waals surface area (Å²) in [4.78, 5) is 57.8. The fraction of sp³-hybridized carbons (Fsp3) is 0.585. The molecule has 1 unspecified atom stereocenters. The summed E-state index contributed by atoms with van der Waals surface area (Å²) in [6.07, 6.45) is 3.43. The second-order valence-electron chi connectivity index (χ2n) is 16.0. The second-order valence-corrected chi connectivity index (χ2v) is 18.0. The highest BCUT2D eigenvalue weighted by Crippen LogP contribution is 2.48. The molecule has 0 radical (unpaired) electrons. The zero-order chi connectivity index (χ0) is 39.8. The van der Waals surface area contributed by atoms with Crippen LogP contribution in [0.25, 0.3) is 0 Å². The van der Waals surface area contributed by atoms with Gasteiger partial charge in [0.15, 0.2) is 9.84 Å². The summed E-state index contributed by atoms with van der Waals surface area (Å²) in [5.41, 5.74) is 5.46. The van der Waals surface area contributed by atoms with E-state index in [4.69, 9.17) is 5.73 Å². The third-order valence-electron chi connectivity index (χ3n) is 10.7. The van der Waals surface area contributed by atoms with Crippen LogP contribution in [0.1, 0.15) is 109 Å². The van der Waals surface area contributed by atoms with Gasteiger partial charge in [0.1, 0.15) is 5.54 Å². The molecule has 2 aromatic rings. The van der Waals surface area contributed by atoms with Crippen LogP contribution in [0, 0.1) is 29.1 Å². The Balaban J connectivity index is 1.89. The van der Waals surface area contributed by atoms with Crippen molar-refractivity contribution in [1.29, 1.82) is 5.26 Å². The number of benzene rings is 2. The molecule has 1 heterocycles. The largest absolute Gasteiger partial charge is 0.390 e. The monoisotopic (exact) mass is 763 g/mol. The zero-order valence-corrected chi connectivity index (χ0v) is 33.0. The number of hydrogen-bond acceptors (Lipinski definition) is 9. The van der Waals surface area contributed by atoms with Crippen LogP contribution in [-0.2, 0) is 35.4 Å².